The second-order valence-electron chi connectivity index (χ2n) is 11.0. The number of rotatable bonds is 7. The van der Waals surface area contributed by atoms with Gasteiger partial charge in [0.2, 0.25) is 0 Å². The Morgan fingerprint density at radius 1 is 0.977 bits per heavy atom. The zero-order valence-corrected chi connectivity index (χ0v) is 23.3. The number of nitrogens with zero attached hydrogens (tertiary/aromatic N) is 5. The Kier molecular flexibility index (Phi) is 6.69. The van der Waals surface area contributed by atoms with E-state index in [0.29, 0.717) is 47.4 Å². The maximum absolute atomic E-state index is 13.0. The lowest BCUT2D eigenvalue weighted by Gasteiger charge is -2.31. The van der Waals surface area contributed by atoms with Crippen molar-refractivity contribution in [1.82, 2.24) is 24.3 Å². The molecule has 1 saturated carbocycles. The number of Topliss-reactive ketones (excluding diaryl/α,β-unsaturated/α-hetero) is 1. The van der Waals surface area contributed by atoms with Crippen LogP contribution in [0.5, 0.6) is 0 Å². The third-order valence-electron chi connectivity index (χ3n) is 8.12. The molecule has 7 rings (SSSR count). The fraction of sp³-hybridized carbons (Fsp3) is 0.250. The van der Waals surface area contributed by atoms with Gasteiger partial charge >= 0.3 is 0 Å². The number of nitrogens with one attached hydrogen (secondary N) is 1. The summed E-state index contributed by atoms with van der Waals surface area (Å²) in [5, 5.41) is 2.89. The molecule has 0 radical (unpaired) electrons. The van der Waals surface area contributed by atoms with Gasteiger partial charge in [0.15, 0.2) is 5.76 Å². The molecule has 5 heterocycles. The van der Waals surface area contributed by atoms with Crippen molar-refractivity contribution >= 4 is 34.8 Å². The van der Waals surface area contributed by atoms with Crippen molar-refractivity contribution in [1.29, 1.82) is 0 Å². The lowest BCUT2D eigenvalue weighted by molar-refractivity contribution is -0.127. The number of piperidine rings is 1. The van der Waals surface area contributed by atoms with E-state index in [2.05, 4.69) is 15.3 Å². The van der Waals surface area contributed by atoms with Crippen LogP contribution in [-0.2, 0) is 4.79 Å². The number of anilines is 2. The van der Waals surface area contributed by atoms with Gasteiger partial charge in [0, 0.05) is 48.7 Å². The van der Waals surface area contributed by atoms with Crippen LogP contribution in [0.3, 0.4) is 0 Å². The Bertz CT molecular complexity index is 1840. The van der Waals surface area contributed by atoms with E-state index >= 15 is 0 Å². The molecule has 1 aliphatic carbocycles. The molecule has 43 heavy (non-hydrogen) atoms. The van der Waals surface area contributed by atoms with Crippen molar-refractivity contribution in [2.45, 2.75) is 37.5 Å². The maximum Gasteiger partial charge on any atom is 0.298 e. The number of furan rings is 1. The quantitative estimate of drug-likeness (QED) is 0.210. The average Bonchev–Trinajstić information content (AvgIpc) is 3.59. The lowest BCUT2D eigenvalue weighted by atomic mass is 9.96. The van der Waals surface area contributed by atoms with Gasteiger partial charge in [-0.2, -0.15) is 0 Å². The summed E-state index contributed by atoms with van der Waals surface area (Å²) in [5.41, 5.74) is 10.1. The van der Waals surface area contributed by atoms with Crippen molar-refractivity contribution in [2.75, 3.05) is 24.1 Å². The van der Waals surface area contributed by atoms with Gasteiger partial charge in [-0.1, -0.05) is 12.1 Å². The van der Waals surface area contributed by atoms with Gasteiger partial charge in [-0.3, -0.25) is 18.8 Å². The highest BCUT2D eigenvalue weighted by Gasteiger charge is 2.33. The number of nitrogen functional groups attached to an aromatic ring is 1. The van der Waals surface area contributed by atoms with Gasteiger partial charge in [0.25, 0.3) is 17.6 Å². The maximum atomic E-state index is 13.0. The van der Waals surface area contributed by atoms with E-state index in [0.717, 1.165) is 24.2 Å². The highest BCUT2D eigenvalue weighted by atomic mass is 16.3. The minimum atomic E-state index is -0.664. The van der Waals surface area contributed by atoms with E-state index in [-0.39, 0.29) is 17.6 Å². The molecular formula is C32H29N7O4. The van der Waals surface area contributed by atoms with Crippen LogP contribution in [0.25, 0.3) is 16.8 Å². The second kappa shape index (κ2) is 10.8. The van der Waals surface area contributed by atoms with Crippen LogP contribution in [0.4, 0.5) is 11.6 Å². The molecule has 5 aromatic rings. The molecule has 4 aromatic heterocycles. The first kappa shape index (κ1) is 26.6. The average molecular weight is 576 g/mol. The molecule has 2 amide bonds. The van der Waals surface area contributed by atoms with Crippen LogP contribution in [0, 0.1) is 0 Å². The number of nitrogens with two attached hydrogens (primary N) is 1. The van der Waals surface area contributed by atoms with Gasteiger partial charge in [0.05, 0.1) is 6.26 Å². The molecule has 11 heteroatoms. The van der Waals surface area contributed by atoms with Crippen LogP contribution >= 0.6 is 0 Å². The standard InChI is InChI=1S/C32H29N7O4/c33-29-27-26(20-7-9-21(10-8-20)31(41)36-25-17-22(11-12-34-25)19-5-6-19)37-30(39(27)15-13-35-29)23-3-1-14-38(18-23)32(42)28(40)24-4-2-16-43-24/h2,4,7-13,15-17,19,23H,1,3,5-6,14,18H2,(H2,33,35)(H,34,36,41). The van der Waals surface area contributed by atoms with Crippen molar-refractivity contribution in [2.24, 2.45) is 0 Å². The number of imidazole rings is 1. The molecule has 0 bridgehead atoms. The first-order valence-corrected chi connectivity index (χ1v) is 14.3. The minimum absolute atomic E-state index is 0.0275. The number of benzene rings is 1. The van der Waals surface area contributed by atoms with Crippen LogP contribution in [0.1, 0.15) is 69.8 Å². The minimum Gasteiger partial charge on any atom is -0.461 e. The monoisotopic (exact) mass is 575 g/mol. The molecule has 11 nitrogen and oxygen atoms in total. The number of ketones is 1. The van der Waals surface area contributed by atoms with Gasteiger partial charge in [-0.25, -0.2) is 15.0 Å². The summed E-state index contributed by atoms with van der Waals surface area (Å²) < 4.78 is 7.05. The van der Waals surface area contributed by atoms with E-state index in [4.69, 9.17) is 15.1 Å². The zero-order valence-electron chi connectivity index (χ0n) is 23.3. The number of carbonyl (C=O) groups excluding carboxylic acids is 3. The van der Waals surface area contributed by atoms with Gasteiger partial charge < -0.3 is 20.4 Å². The molecule has 1 saturated heterocycles. The predicted molar refractivity (Wildman–Crippen MR) is 159 cm³/mol. The molecule has 2 aliphatic rings. The van der Waals surface area contributed by atoms with Gasteiger partial charge in [0.1, 0.15) is 28.7 Å². The third kappa shape index (κ3) is 5.14. The Labute approximate surface area is 246 Å². The van der Waals surface area contributed by atoms with Crippen molar-refractivity contribution < 1.29 is 18.8 Å². The van der Waals surface area contributed by atoms with Crippen LogP contribution in [0.15, 0.2) is 77.8 Å². The Morgan fingerprint density at radius 3 is 2.58 bits per heavy atom. The zero-order chi connectivity index (χ0) is 29.5. The molecule has 1 aliphatic heterocycles. The summed E-state index contributed by atoms with van der Waals surface area (Å²) >= 11 is 0. The summed E-state index contributed by atoms with van der Waals surface area (Å²) in [6, 6.07) is 14.2. The molecule has 1 atom stereocenters. The topological polar surface area (TPSA) is 149 Å². The summed E-state index contributed by atoms with van der Waals surface area (Å²) in [6.07, 6.45) is 10.4. The fourth-order valence-corrected chi connectivity index (χ4v) is 5.76. The Balaban J connectivity index is 1.14. The number of hydrogen-bond acceptors (Lipinski definition) is 8. The summed E-state index contributed by atoms with van der Waals surface area (Å²) in [7, 11) is 0. The summed E-state index contributed by atoms with van der Waals surface area (Å²) in [6.45, 7) is 0.812. The number of amides is 2. The van der Waals surface area contributed by atoms with Gasteiger partial charge in [-0.15, -0.1) is 0 Å². The lowest BCUT2D eigenvalue weighted by Crippen LogP contribution is -2.43. The number of likely N-dealkylation sites (tertiary alicyclic amines) is 1. The van der Waals surface area contributed by atoms with E-state index in [1.165, 1.54) is 30.7 Å². The number of pyridine rings is 1. The second-order valence-corrected chi connectivity index (χ2v) is 11.0. The number of aromatic nitrogens is 4. The van der Waals surface area contributed by atoms with Crippen molar-refractivity contribution in [3.05, 3.63) is 96.1 Å². The van der Waals surface area contributed by atoms with Gasteiger partial charge in [-0.05, 0) is 73.6 Å². The number of carbonyl (C=O) groups is 3. The predicted octanol–water partition coefficient (Wildman–Crippen LogP) is 4.69. The van der Waals surface area contributed by atoms with Crippen LogP contribution in [0.2, 0.25) is 0 Å². The molecular weight excluding hydrogens is 546 g/mol. The van der Waals surface area contributed by atoms with Crippen LogP contribution < -0.4 is 11.1 Å². The van der Waals surface area contributed by atoms with Crippen LogP contribution in [-0.4, -0.2) is 54.9 Å². The Morgan fingerprint density at radius 2 is 1.81 bits per heavy atom. The highest BCUT2D eigenvalue weighted by molar-refractivity contribution is 6.41. The smallest absolute Gasteiger partial charge is 0.298 e. The molecule has 1 aromatic carbocycles. The van der Waals surface area contributed by atoms with E-state index < -0.39 is 11.7 Å². The van der Waals surface area contributed by atoms with E-state index in [1.807, 2.05) is 28.7 Å². The summed E-state index contributed by atoms with van der Waals surface area (Å²) in [5.74, 6) is 0.535. The molecule has 216 valence electrons. The Hall–Kier alpha value is -5.32. The molecule has 0 spiro atoms. The van der Waals surface area contributed by atoms with E-state index in [1.54, 1.807) is 41.7 Å². The highest BCUT2D eigenvalue weighted by Crippen LogP contribution is 2.40. The first-order valence-electron chi connectivity index (χ1n) is 14.3. The number of hydrogen-bond donors (Lipinski definition) is 2. The largest absolute Gasteiger partial charge is 0.461 e. The van der Waals surface area contributed by atoms with E-state index in [9.17, 15) is 14.4 Å². The molecule has 1 unspecified atom stereocenters. The molecule has 3 N–H and O–H groups in total. The van der Waals surface area contributed by atoms with Crippen molar-refractivity contribution in [3.63, 3.8) is 0 Å². The fourth-order valence-electron chi connectivity index (χ4n) is 5.76. The summed E-state index contributed by atoms with van der Waals surface area (Å²) in [4.78, 5) is 53.8. The molecule has 2 fully saturated rings. The third-order valence-corrected chi connectivity index (χ3v) is 8.12. The normalized spacial score (nSPS) is 16.7. The number of fused-ring (bicyclic) bond motifs is 1. The van der Waals surface area contributed by atoms with Crippen molar-refractivity contribution in [3.8, 4) is 11.3 Å². The first-order chi connectivity index (χ1) is 21.0. The SMILES string of the molecule is Nc1nccn2c(C3CCCN(C(=O)C(=O)c4ccco4)C3)nc(-c3ccc(C(=O)Nc4cc(C5CC5)ccn4)cc3)c12.